The van der Waals surface area contributed by atoms with Gasteiger partial charge in [-0.05, 0) is 18.2 Å². The number of benzene rings is 1. The van der Waals surface area contributed by atoms with Crippen LogP contribution >= 0.6 is 0 Å². The molecule has 0 heterocycles. The topological polar surface area (TPSA) is 95.9 Å². The van der Waals surface area contributed by atoms with Crippen LogP contribution in [0.3, 0.4) is 0 Å². The minimum absolute atomic E-state index is 0.0281. The van der Waals surface area contributed by atoms with Crippen LogP contribution in [0.25, 0.3) is 0 Å². The lowest BCUT2D eigenvalue weighted by atomic mass is 10.2. The van der Waals surface area contributed by atoms with Crippen molar-refractivity contribution in [2.45, 2.75) is 6.42 Å². The number of rotatable bonds is 7. The number of phenols is 1. The molecule has 0 unspecified atom stereocenters. The Hall–Kier alpha value is -2.08. The van der Waals surface area contributed by atoms with E-state index in [-0.39, 0.29) is 37.8 Å². The molecule has 0 aromatic heterocycles. The van der Waals surface area contributed by atoms with Crippen LogP contribution in [0.2, 0.25) is 0 Å². The zero-order valence-corrected chi connectivity index (χ0v) is 9.76. The average Bonchev–Trinajstić information content (AvgIpc) is 2.33. The maximum Gasteiger partial charge on any atom is 0.305 e. The molecule has 1 aromatic carbocycles. The maximum absolute atomic E-state index is 11.6. The fourth-order valence-corrected chi connectivity index (χ4v) is 1.25. The quantitative estimate of drug-likeness (QED) is 0.619. The normalized spacial score (nSPS) is 10.0. The van der Waals surface area contributed by atoms with Gasteiger partial charge in [0, 0.05) is 12.1 Å². The molecule has 0 atom stereocenters. The fraction of sp³-hybridized carbons (Fsp3) is 0.333. The number of aliphatic carboxylic acids is 1. The number of carboxylic acids is 1. The van der Waals surface area contributed by atoms with Gasteiger partial charge >= 0.3 is 5.97 Å². The number of carboxylic acid groups (broad SMARTS) is 1. The van der Waals surface area contributed by atoms with Gasteiger partial charge in [0.25, 0.3) is 5.91 Å². The number of nitrogens with one attached hydrogen (secondary N) is 1. The third-order valence-corrected chi connectivity index (χ3v) is 2.10. The molecule has 98 valence electrons. The van der Waals surface area contributed by atoms with Crippen LogP contribution in [-0.2, 0) is 9.53 Å². The lowest BCUT2D eigenvalue weighted by Gasteiger charge is -2.06. The van der Waals surface area contributed by atoms with E-state index in [0.717, 1.165) is 0 Å². The highest BCUT2D eigenvalue weighted by Crippen LogP contribution is 2.10. The summed E-state index contributed by atoms with van der Waals surface area (Å²) >= 11 is 0. The molecule has 0 fully saturated rings. The van der Waals surface area contributed by atoms with Crippen molar-refractivity contribution in [2.24, 2.45) is 0 Å². The van der Waals surface area contributed by atoms with Crippen LogP contribution < -0.4 is 5.32 Å². The second kappa shape index (κ2) is 7.29. The van der Waals surface area contributed by atoms with E-state index < -0.39 is 5.97 Å². The van der Waals surface area contributed by atoms with Gasteiger partial charge in [-0.1, -0.05) is 6.07 Å². The van der Waals surface area contributed by atoms with Gasteiger partial charge in [-0.2, -0.15) is 0 Å². The first-order valence-electron chi connectivity index (χ1n) is 5.46. The van der Waals surface area contributed by atoms with Crippen molar-refractivity contribution in [3.05, 3.63) is 29.8 Å². The Balaban J connectivity index is 2.20. The van der Waals surface area contributed by atoms with Crippen molar-refractivity contribution in [3.8, 4) is 5.75 Å². The summed E-state index contributed by atoms with van der Waals surface area (Å²) in [6.07, 6.45) is -0.0551. The van der Waals surface area contributed by atoms with E-state index in [0.29, 0.717) is 5.56 Å². The number of ether oxygens (including phenoxy) is 1. The predicted molar refractivity (Wildman–Crippen MR) is 63.5 cm³/mol. The van der Waals surface area contributed by atoms with Crippen molar-refractivity contribution in [2.75, 3.05) is 19.8 Å². The van der Waals surface area contributed by atoms with Crippen molar-refractivity contribution < 1.29 is 24.5 Å². The standard InChI is InChI=1S/C12H15NO5/c14-10-3-1-2-9(8-10)12(17)13-5-7-18-6-4-11(15)16/h1-3,8,14H,4-7H2,(H,13,17)(H,15,16). The summed E-state index contributed by atoms with van der Waals surface area (Å²) in [5.41, 5.74) is 0.362. The molecule has 1 rings (SSSR count). The van der Waals surface area contributed by atoms with Crippen LogP contribution in [0.1, 0.15) is 16.8 Å². The summed E-state index contributed by atoms with van der Waals surface area (Å²) in [5.74, 6) is -1.20. The van der Waals surface area contributed by atoms with E-state index >= 15 is 0 Å². The third kappa shape index (κ3) is 5.31. The second-order valence-corrected chi connectivity index (χ2v) is 3.56. The van der Waals surface area contributed by atoms with Gasteiger partial charge in [0.05, 0.1) is 19.6 Å². The number of hydrogen-bond acceptors (Lipinski definition) is 4. The van der Waals surface area contributed by atoms with E-state index in [2.05, 4.69) is 5.32 Å². The largest absolute Gasteiger partial charge is 0.508 e. The molecule has 1 amide bonds. The minimum atomic E-state index is -0.918. The molecule has 0 aliphatic heterocycles. The van der Waals surface area contributed by atoms with Crippen LogP contribution in [0.15, 0.2) is 24.3 Å². The zero-order chi connectivity index (χ0) is 13.4. The Kier molecular flexibility index (Phi) is 5.66. The summed E-state index contributed by atoms with van der Waals surface area (Å²) in [4.78, 5) is 21.7. The van der Waals surface area contributed by atoms with Gasteiger partial charge < -0.3 is 20.3 Å². The second-order valence-electron chi connectivity index (χ2n) is 3.56. The molecule has 6 nitrogen and oxygen atoms in total. The highest BCUT2D eigenvalue weighted by Gasteiger charge is 2.05. The Morgan fingerprint density at radius 2 is 2.06 bits per heavy atom. The van der Waals surface area contributed by atoms with E-state index in [4.69, 9.17) is 9.84 Å². The van der Waals surface area contributed by atoms with Crippen LogP contribution in [0.4, 0.5) is 0 Å². The summed E-state index contributed by atoms with van der Waals surface area (Å²) in [6.45, 7) is 0.656. The first-order chi connectivity index (χ1) is 8.59. The third-order valence-electron chi connectivity index (χ3n) is 2.10. The van der Waals surface area contributed by atoms with Crippen molar-refractivity contribution in [1.82, 2.24) is 5.32 Å². The van der Waals surface area contributed by atoms with Crippen molar-refractivity contribution in [3.63, 3.8) is 0 Å². The SMILES string of the molecule is O=C(O)CCOCCNC(=O)c1cccc(O)c1. The molecule has 0 saturated heterocycles. The highest BCUT2D eigenvalue weighted by atomic mass is 16.5. The molecule has 0 saturated carbocycles. The molecule has 0 aliphatic rings. The maximum atomic E-state index is 11.6. The van der Waals surface area contributed by atoms with Crippen LogP contribution in [0, 0.1) is 0 Å². The molecular formula is C12H15NO5. The molecule has 0 bridgehead atoms. The van der Waals surface area contributed by atoms with Crippen molar-refractivity contribution in [1.29, 1.82) is 0 Å². The predicted octanol–water partition coefficient (Wildman–Crippen LogP) is 0.613. The van der Waals surface area contributed by atoms with Crippen LogP contribution in [-0.4, -0.2) is 41.8 Å². The number of phenolic OH excluding ortho intramolecular Hbond substituents is 1. The summed E-state index contributed by atoms with van der Waals surface area (Å²) in [7, 11) is 0. The fourth-order valence-electron chi connectivity index (χ4n) is 1.25. The van der Waals surface area contributed by atoms with Gasteiger partial charge in [-0.3, -0.25) is 9.59 Å². The molecule has 6 heteroatoms. The Bertz CT molecular complexity index is 419. The lowest BCUT2D eigenvalue weighted by molar-refractivity contribution is -0.138. The summed E-state index contributed by atoms with van der Waals surface area (Å²) < 4.78 is 5.01. The van der Waals surface area contributed by atoms with Crippen molar-refractivity contribution >= 4 is 11.9 Å². The van der Waals surface area contributed by atoms with Gasteiger partial charge in [-0.15, -0.1) is 0 Å². The minimum Gasteiger partial charge on any atom is -0.508 e. The number of carbonyl (C=O) groups is 2. The van der Waals surface area contributed by atoms with Gasteiger partial charge in [0.1, 0.15) is 5.75 Å². The molecular weight excluding hydrogens is 238 g/mol. The van der Waals surface area contributed by atoms with Gasteiger partial charge in [0.2, 0.25) is 0 Å². The number of hydrogen-bond donors (Lipinski definition) is 3. The average molecular weight is 253 g/mol. The van der Waals surface area contributed by atoms with E-state index in [1.54, 1.807) is 12.1 Å². The van der Waals surface area contributed by atoms with Crippen LogP contribution in [0.5, 0.6) is 5.75 Å². The van der Waals surface area contributed by atoms with Gasteiger partial charge in [0.15, 0.2) is 0 Å². The zero-order valence-electron chi connectivity index (χ0n) is 9.76. The van der Waals surface area contributed by atoms with E-state index in [1.165, 1.54) is 12.1 Å². The van der Waals surface area contributed by atoms with E-state index in [1.807, 2.05) is 0 Å². The number of carbonyl (C=O) groups excluding carboxylic acids is 1. The summed E-state index contributed by atoms with van der Waals surface area (Å²) in [5, 5.41) is 20.1. The Labute approximate surface area is 104 Å². The number of amides is 1. The molecule has 0 aliphatic carbocycles. The monoisotopic (exact) mass is 253 g/mol. The van der Waals surface area contributed by atoms with Gasteiger partial charge in [-0.25, -0.2) is 0 Å². The lowest BCUT2D eigenvalue weighted by Crippen LogP contribution is -2.27. The molecule has 0 spiro atoms. The smallest absolute Gasteiger partial charge is 0.305 e. The Morgan fingerprint density at radius 3 is 2.72 bits per heavy atom. The summed E-state index contributed by atoms with van der Waals surface area (Å²) in [6, 6.07) is 6.00. The van der Waals surface area contributed by atoms with E-state index in [9.17, 15) is 14.7 Å². The molecule has 0 radical (unpaired) electrons. The molecule has 1 aromatic rings. The highest BCUT2D eigenvalue weighted by molar-refractivity contribution is 5.94. The Morgan fingerprint density at radius 1 is 1.28 bits per heavy atom. The molecule has 3 N–H and O–H groups in total. The number of aromatic hydroxyl groups is 1. The molecule has 18 heavy (non-hydrogen) atoms. The first kappa shape index (κ1) is 14.0. The first-order valence-corrected chi connectivity index (χ1v) is 5.46.